The smallest absolute Gasteiger partial charge is 0.125 e. The van der Waals surface area contributed by atoms with Crippen LogP contribution >= 0.6 is 0 Å². The maximum Gasteiger partial charge on any atom is 0.125 e. The minimum Gasteiger partial charge on any atom is -0.337 e. The maximum absolute atomic E-state index is 6.05. The van der Waals surface area contributed by atoms with E-state index in [1.54, 1.807) is 6.20 Å². The Balaban J connectivity index is 2.22. The predicted molar refractivity (Wildman–Crippen MR) is 63.4 cm³/mol. The van der Waals surface area contributed by atoms with Crippen molar-refractivity contribution in [3.63, 3.8) is 0 Å². The van der Waals surface area contributed by atoms with Crippen molar-refractivity contribution in [1.29, 1.82) is 0 Å². The molecule has 3 heteroatoms. The highest BCUT2D eigenvalue weighted by atomic mass is 15.1. The van der Waals surface area contributed by atoms with Crippen molar-refractivity contribution >= 4 is 0 Å². The first-order valence-corrected chi connectivity index (χ1v) is 5.59. The standard InChI is InChI=1S/C12H21N3/c1-3-4-5-6-7-8-11(13)12-14-9-10-15(12)2/h3,9-11H,1,4-8,13H2,2H3. The molecule has 0 saturated heterocycles. The SMILES string of the molecule is C=CCCCCCC(N)c1nccn1C. The van der Waals surface area contributed by atoms with Crippen LogP contribution < -0.4 is 5.73 Å². The van der Waals surface area contributed by atoms with Gasteiger partial charge in [-0.3, -0.25) is 0 Å². The quantitative estimate of drug-likeness (QED) is 0.551. The number of hydrogen-bond acceptors (Lipinski definition) is 2. The molecule has 0 aliphatic carbocycles. The molecule has 0 spiro atoms. The molecule has 0 saturated carbocycles. The third-order valence-electron chi connectivity index (χ3n) is 2.61. The predicted octanol–water partition coefficient (Wildman–Crippen LogP) is 2.56. The second kappa shape index (κ2) is 6.40. The van der Waals surface area contributed by atoms with Gasteiger partial charge in [0.1, 0.15) is 5.82 Å². The van der Waals surface area contributed by atoms with E-state index in [1.165, 1.54) is 19.3 Å². The lowest BCUT2D eigenvalue weighted by Gasteiger charge is -2.10. The molecule has 1 heterocycles. The second-order valence-electron chi connectivity index (χ2n) is 3.93. The molecule has 2 N–H and O–H groups in total. The normalized spacial score (nSPS) is 12.7. The van der Waals surface area contributed by atoms with Crippen molar-refractivity contribution in [2.24, 2.45) is 12.8 Å². The van der Waals surface area contributed by atoms with Crippen molar-refractivity contribution in [2.45, 2.75) is 38.1 Å². The Kier molecular flexibility index (Phi) is 5.12. The van der Waals surface area contributed by atoms with Gasteiger partial charge >= 0.3 is 0 Å². The van der Waals surface area contributed by atoms with Gasteiger partial charge in [-0.25, -0.2) is 4.98 Å². The van der Waals surface area contributed by atoms with Crippen LogP contribution in [0.2, 0.25) is 0 Å². The van der Waals surface area contributed by atoms with Crippen LogP contribution in [0.5, 0.6) is 0 Å². The molecule has 1 aromatic heterocycles. The number of rotatable bonds is 7. The van der Waals surface area contributed by atoms with Gasteiger partial charge in [0.2, 0.25) is 0 Å². The molecule has 84 valence electrons. The number of aryl methyl sites for hydroxylation is 1. The monoisotopic (exact) mass is 207 g/mol. The lowest BCUT2D eigenvalue weighted by molar-refractivity contribution is 0.538. The summed E-state index contributed by atoms with van der Waals surface area (Å²) < 4.78 is 1.99. The van der Waals surface area contributed by atoms with Gasteiger partial charge in [0.15, 0.2) is 0 Å². The lowest BCUT2D eigenvalue weighted by atomic mass is 10.1. The highest BCUT2D eigenvalue weighted by Crippen LogP contribution is 2.15. The minimum absolute atomic E-state index is 0.0775. The molecule has 0 aromatic carbocycles. The van der Waals surface area contributed by atoms with E-state index in [2.05, 4.69) is 11.6 Å². The number of allylic oxidation sites excluding steroid dienone is 1. The van der Waals surface area contributed by atoms with Gasteiger partial charge in [-0.1, -0.05) is 18.9 Å². The number of hydrogen-bond donors (Lipinski definition) is 1. The summed E-state index contributed by atoms with van der Waals surface area (Å²) in [5, 5.41) is 0. The number of aromatic nitrogens is 2. The molecule has 1 aromatic rings. The van der Waals surface area contributed by atoms with Gasteiger partial charge < -0.3 is 10.3 Å². The number of nitrogens with zero attached hydrogens (tertiary/aromatic N) is 2. The molecule has 3 nitrogen and oxygen atoms in total. The summed E-state index contributed by atoms with van der Waals surface area (Å²) in [4.78, 5) is 4.25. The van der Waals surface area contributed by atoms with Crippen LogP contribution in [-0.4, -0.2) is 9.55 Å². The molecule has 0 bridgehead atoms. The van der Waals surface area contributed by atoms with Gasteiger partial charge in [0.05, 0.1) is 6.04 Å². The van der Waals surface area contributed by atoms with Crippen LogP contribution in [0.15, 0.2) is 25.0 Å². The molecule has 1 rings (SSSR count). The Bertz CT molecular complexity index is 291. The van der Waals surface area contributed by atoms with Crippen LogP contribution in [0.3, 0.4) is 0 Å². The Morgan fingerprint density at radius 2 is 2.33 bits per heavy atom. The van der Waals surface area contributed by atoms with E-state index in [9.17, 15) is 0 Å². The van der Waals surface area contributed by atoms with Gasteiger partial charge in [0, 0.05) is 19.4 Å². The van der Waals surface area contributed by atoms with Gasteiger partial charge in [0.25, 0.3) is 0 Å². The molecule has 15 heavy (non-hydrogen) atoms. The summed E-state index contributed by atoms with van der Waals surface area (Å²) in [6.07, 6.45) is 11.4. The highest BCUT2D eigenvalue weighted by Gasteiger charge is 2.09. The minimum atomic E-state index is 0.0775. The first-order valence-electron chi connectivity index (χ1n) is 5.59. The molecule has 0 fully saturated rings. The third kappa shape index (κ3) is 3.88. The Morgan fingerprint density at radius 3 is 2.93 bits per heavy atom. The molecule has 0 radical (unpaired) electrons. The van der Waals surface area contributed by atoms with E-state index in [-0.39, 0.29) is 6.04 Å². The number of unbranched alkanes of at least 4 members (excludes halogenated alkanes) is 3. The Morgan fingerprint density at radius 1 is 1.53 bits per heavy atom. The van der Waals surface area contributed by atoms with Gasteiger partial charge in [-0.05, 0) is 19.3 Å². The topological polar surface area (TPSA) is 43.8 Å². The van der Waals surface area contributed by atoms with E-state index in [0.717, 1.165) is 18.7 Å². The third-order valence-corrected chi connectivity index (χ3v) is 2.61. The molecule has 0 amide bonds. The zero-order valence-electron chi connectivity index (χ0n) is 9.52. The van der Waals surface area contributed by atoms with Gasteiger partial charge in [-0.2, -0.15) is 0 Å². The van der Waals surface area contributed by atoms with Crippen LogP contribution in [0.25, 0.3) is 0 Å². The van der Waals surface area contributed by atoms with Crippen LogP contribution in [0.1, 0.15) is 44.0 Å². The number of nitrogens with two attached hydrogens (primary N) is 1. The molecule has 1 unspecified atom stereocenters. The van der Waals surface area contributed by atoms with Crippen LogP contribution in [0.4, 0.5) is 0 Å². The summed E-state index contributed by atoms with van der Waals surface area (Å²) in [6, 6.07) is 0.0775. The summed E-state index contributed by atoms with van der Waals surface area (Å²) in [5.41, 5.74) is 6.05. The first kappa shape index (κ1) is 12.0. The Hall–Kier alpha value is -1.09. The highest BCUT2D eigenvalue weighted by molar-refractivity contribution is 4.97. The first-order chi connectivity index (χ1) is 7.25. The largest absolute Gasteiger partial charge is 0.337 e. The zero-order valence-corrected chi connectivity index (χ0v) is 9.52. The van der Waals surface area contributed by atoms with E-state index < -0.39 is 0 Å². The fraction of sp³-hybridized carbons (Fsp3) is 0.583. The Labute approximate surface area is 92.0 Å². The molecular weight excluding hydrogens is 186 g/mol. The number of imidazole rings is 1. The molecule has 0 aliphatic heterocycles. The zero-order chi connectivity index (χ0) is 11.1. The molecule has 1 atom stereocenters. The van der Waals surface area contributed by atoms with Crippen molar-refractivity contribution in [3.8, 4) is 0 Å². The van der Waals surface area contributed by atoms with Crippen molar-refractivity contribution < 1.29 is 0 Å². The fourth-order valence-electron chi connectivity index (χ4n) is 1.69. The lowest BCUT2D eigenvalue weighted by Crippen LogP contribution is -2.15. The average Bonchev–Trinajstić information content (AvgIpc) is 2.64. The van der Waals surface area contributed by atoms with E-state index in [0.29, 0.717) is 0 Å². The van der Waals surface area contributed by atoms with E-state index >= 15 is 0 Å². The van der Waals surface area contributed by atoms with Crippen molar-refractivity contribution in [3.05, 3.63) is 30.9 Å². The van der Waals surface area contributed by atoms with Crippen LogP contribution in [-0.2, 0) is 7.05 Å². The summed E-state index contributed by atoms with van der Waals surface area (Å²) in [5.74, 6) is 0.985. The van der Waals surface area contributed by atoms with E-state index in [1.807, 2.05) is 23.9 Å². The average molecular weight is 207 g/mol. The molecule has 0 aliphatic rings. The fourth-order valence-corrected chi connectivity index (χ4v) is 1.69. The van der Waals surface area contributed by atoms with Crippen molar-refractivity contribution in [1.82, 2.24) is 9.55 Å². The molecular formula is C12H21N3. The summed E-state index contributed by atoms with van der Waals surface area (Å²) >= 11 is 0. The van der Waals surface area contributed by atoms with E-state index in [4.69, 9.17) is 5.73 Å². The van der Waals surface area contributed by atoms with Gasteiger partial charge in [-0.15, -0.1) is 6.58 Å². The maximum atomic E-state index is 6.05. The summed E-state index contributed by atoms with van der Waals surface area (Å²) in [7, 11) is 1.99. The second-order valence-corrected chi connectivity index (χ2v) is 3.93. The van der Waals surface area contributed by atoms with Crippen LogP contribution in [0, 0.1) is 0 Å². The summed E-state index contributed by atoms with van der Waals surface area (Å²) in [6.45, 7) is 3.71. The van der Waals surface area contributed by atoms with Crippen molar-refractivity contribution in [2.75, 3.05) is 0 Å².